The van der Waals surface area contributed by atoms with E-state index in [1.807, 2.05) is 18.3 Å². The van der Waals surface area contributed by atoms with Crippen molar-refractivity contribution in [3.05, 3.63) is 101 Å². The van der Waals surface area contributed by atoms with E-state index in [1.165, 1.54) is 41.9 Å². The number of carbonyl (C=O) groups is 1. The van der Waals surface area contributed by atoms with Crippen LogP contribution < -0.4 is 0 Å². The lowest BCUT2D eigenvalue weighted by Gasteiger charge is -2.12. The molecule has 0 spiro atoms. The number of hydrogen-bond acceptors (Lipinski definition) is 3. The van der Waals surface area contributed by atoms with E-state index in [9.17, 15) is 4.79 Å². The molecule has 30 heavy (non-hydrogen) atoms. The average Bonchev–Trinajstić information content (AvgIpc) is 3.64. The first-order valence-electron chi connectivity index (χ1n) is 10.4. The molecule has 1 aliphatic carbocycles. The highest BCUT2D eigenvalue weighted by atomic mass is 16.5. The summed E-state index contributed by atoms with van der Waals surface area (Å²) < 4.78 is 5.04. The summed E-state index contributed by atoms with van der Waals surface area (Å²) >= 11 is 0. The van der Waals surface area contributed by atoms with Crippen molar-refractivity contribution in [3.63, 3.8) is 0 Å². The summed E-state index contributed by atoms with van der Waals surface area (Å²) in [6, 6.07) is 25.3. The molecule has 3 heteroatoms. The minimum absolute atomic E-state index is 0.314. The predicted molar refractivity (Wildman–Crippen MR) is 120 cm³/mol. The van der Waals surface area contributed by atoms with Gasteiger partial charge in [-0.15, -0.1) is 0 Å². The molecule has 1 saturated carbocycles. The van der Waals surface area contributed by atoms with E-state index < -0.39 is 0 Å². The van der Waals surface area contributed by atoms with Crippen molar-refractivity contribution in [2.45, 2.75) is 25.2 Å². The molecule has 5 rings (SSSR count). The zero-order valence-electron chi connectivity index (χ0n) is 17.0. The fourth-order valence-electron chi connectivity index (χ4n) is 4.07. The molecule has 0 radical (unpaired) electrons. The fraction of sp³-hybridized carbons (Fsp3) is 0.185. The number of carbonyl (C=O) groups excluding carboxylic acids is 1. The van der Waals surface area contributed by atoms with Crippen LogP contribution in [0.25, 0.3) is 21.9 Å². The van der Waals surface area contributed by atoms with Gasteiger partial charge in [-0.05, 0) is 57.9 Å². The van der Waals surface area contributed by atoms with Gasteiger partial charge in [-0.3, -0.25) is 4.98 Å². The second kappa shape index (κ2) is 7.75. The van der Waals surface area contributed by atoms with Gasteiger partial charge in [-0.2, -0.15) is 0 Å². The van der Waals surface area contributed by atoms with Gasteiger partial charge in [0.2, 0.25) is 0 Å². The van der Waals surface area contributed by atoms with Crippen LogP contribution in [0.5, 0.6) is 0 Å². The zero-order chi connectivity index (χ0) is 20.5. The van der Waals surface area contributed by atoms with Gasteiger partial charge >= 0.3 is 5.97 Å². The highest BCUT2D eigenvalue weighted by Crippen LogP contribution is 2.40. The van der Waals surface area contributed by atoms with E-state index in [0.29, 0.717) is 17.9 Å². The third-order valence-corrected chi connectivity index (χ3v) is 5.85. The van der Waals surface area contributed by atoms with Crippen molar-refractivity contribution in [2.24, 2.45) is 0 Å². The van der Waals surface area contributed by atoms with Crippen LogP contribution in [0.1, 0.15) is 45.9 Å². The largest absolute Gasteiger partial charge is 0.465 e. The molecular formula is C27H23NO2. The molecule has 1 aromatic heterocycles. The Bertz CT molecular complexity index is 1230. The fourth-order valence-corrected chi connectivity index (χ4v) is 4.07. The van der Waals surface area contributed by atoms with Crippen molar-refractivity contribution in [1.29, 1.82) is 0 Å². The highest BCUT2D eigenvalue weighted by molar-refractivity contribution is 5.97. The number of aromatic nitrogens is 1. The maximum absolute atomic E-state index is 12.4. The van der Waals surface area contributed by atoms with Crippen molar-refractivity contribution < 1.29 is 9.53 Å². The van der Waals surface area contributed by atoms with E-state index in [-0.39, 0.29) is 5.97 Å². The normalized spacial score (nSPS) is 13.4. The second-order valence-corrected chi connectivity index (χ2v) is 7.93. The Labute approximate surface area is 176 Å². The zero-order valence-corrected chi connectivity index (χ0v) is 17.0. The van der Waals surface area contributed by atoms with E-state index in [1.54, 1.807) is 0 Å². The van der Waals surface area contributed by atoms with Gasteiger partial charge in [-0.25, -0.2) is 4.79 Å². The molecular weight excluding hydrogens is 370 g/mol. The van der Waals surface area contributed by atoms with E-state index in [0.717, 1.165) is 16.8 Å². The Morgan fingerprint density at radius 3 is 2.60 bits per heavy atom. The molecule has 0 bridgehead atoms. The number of benzene rings is 3. The van der Waals surface area contributed by atoms with Crippen LogP contribution in [0.15, 0.2) is 79.0 Å². The molecule has 4 aromatic rings. The van der Waals surface area contributed by atoms with Crippen LogP contribution >= 0.6 is 0 Å². The first-order valence-corrected chi connectivity index (χ1v) is 10.4. The highest BCUT2D eigenvalue weighted by Gasteiger charge is 2.26. The van der Waals surface area contributed by atoms with Gasteiger partial charge in [-0.1, -0.05) is 66.7 Å². The molecule has 1 aliphatic rings. The molecule has 0 atom stereocenters. The van der Waals surface area contributed by atoms with Crippen LogP contribution in [-0.2, 0) is 11.2 Å². The smallest absolute Gasteiger partial charge is 0.339 e. The van der Waals surface area contributed by atoms with Gasteiger partial charge in [0.15, 0.2) is 0 Å². The lowest BCUT2D eigenvalue weighted by Crippen LogP contribution is -2.09. The summed E-state index contributed by atoms with van der Waals surface area (Å²) in [5.41, 5.74) is 6.02. The second-order valence-electron chi connectivity index (χ2n) is 7.93. The molecule has 148 valence electrons. The summed E-state index contributed by atoms with van der Waals surface area (Å²) in [5, 5.41) is 2.40. The molecule has 1 fully saturated rings. The van der Waals surface area contributed by atoms with E-state index >= 15 is 0 Å². The van der Waals surface area contributed by atoms with Crippen LogP contribution in [0.2, 0.25) is 0 Å². The number of fused-ring (bicyclic) bond motifs is 1. The van der Waals surface area contributed by atoms with Crippen molar-refractivity contribution >= 4 is 16.7 Å². The minimum Gasteiger partial charge on any atom is -0.465 e. The first kappa shape index (κ1) is 18.6. The summed E-state index contributed by atoms with van der Waals surface area (Å²) in [5.74, 6) is 0.231. The first-order chi connectivity index (χ1) is 14.7. The van der Waals surface area contributed by atoms with E-state index in [2.05, 4.69) is 65.6 Å². The topological polar surface area (TPSA) is 39.2 Å². The molecule has 3 aromatic carbocycles. The summed E-state index contributed by atoms with van der Waals surface area (Å²) in [6.45, 7) is 0. The lowest BCUT2D eigenvalue weighted by atomic mass is 9.95. The third-order valence-electron chi connectivity index (χ3n) is 5.85. The predicted octanol–water partition coefficient (Wildman–Crippen LogP) is 6.16. The van der Waals surface area contributed by atoms with Gasteiger partial charge in [0, 0.05) is 12.6 Å². The lowest BCUT2D eigenvalue weighted by molar-refractivity contribution is 0.0599. The molecule has 0 saturated heterocycles. The average molecular weight is 393 g/mol. The number of rotatable bonds is 5. The number of methoxy groups -OCH3 is 1. The van der Waals surface area contributed by atoms with Gasteiger partial charge < -0.3 is 4.74 Å². The number of pyridine rings is 1. The van der Waals surface area contributed by atoms with Gasteiger partial charge in [0.25, 0.3) is 0 Å². The third kappa shape index (κ3) is 3.59. The maximum atomic E-state index is 12.4. The van der Waals surface area contributed by atoms with Crippen molar-refractivity contribution in [2.75, 3.05) is 7.11 Å². The molecule has 1 heterocycles. The van der Waals surface area contributed by atoms with Crippen LogP contribution in [-0.4, -0.2) is 18.1 Å². The Kier molecular flexibility index (Phi) is 4.80. The SMILES string of the molecule is COC(=O)c1cc(C2CC2)cnc1Cc1ccc2cccc(-c3ccccc3)c2c1. The molecule has 0 unspecified atom stereocenters. The maximum Gasteiger partial charge on any atom is 0.339 e. The number of nitrogens with zero attached hydrogens (tertiary/aromatic N) is 1. The monoisotopic (exact) mass is 393 g/mol. The molecule has 3 nitrogen and oxygen atoms in total. The summed E-state index contributed by atoms with van der Waals surface area (Å²) in [4.78, 5) is 17.1. The number of ether oxygens (including phenoxy) is 1. The molecule has 0 aliphatic heterocycles. The summed E-state index contributed by atoms with van der Waals surface area (Å²) in [6.07, 6.45) is 4.87. The van der Waals surface area contributed by atoms with Gasteiger partial charge in [0.05, 0.1) is 18.4 Å². The quantitative estimate of drug-likeness (QED) is 0.381. The van der Waals surface area contributed by atoms with E-state index in [4.69, 9.17) is 4.74 Å². The standard InChI is InChI=1S/C27H23NO2/c1-30-27(29)25-16-22(19-12-13-19)17-28-26(25)15-18-10-11-21-8-5-9-23(24(21)14-18)20-6-3-2-4-7-20/h2-11,14,16-17,19H,12-13,15H2,1H3. The Hall–Kier alpha value is -3.46. The molecule has 0 N–H and O–H groups in total. The Morgan fingerprint density at radius 1 is 1.00 bits per heavy atom. The summed E-state index contributed by atoms with van der Waals surface area (Å²) in [7, 11) is 1.43. The minimum atomic E-state index is -0.314. The van der Waals surface area contributed by atoms with Crippen molar-refractivity contribution in [1.82, 2.24) is 4.98 Å². The number of esters is 1. The van der Waals surface area contributed by atoms with Crippen molar-refractivity contribution in [3.8, 4) is 11.1 Å². The van der Waals surface area contributed by atoms with Crippen LogP contribution in [0.3, 0.4) is 0 Å². The van der Waals surface area contributed by atoms with Gasteiger partial charge in [0.1, 0.15) is 0 Å². The molecule has 0 amide bonds. The number of hydrogen-bond donors (Lipinski definition) is 0. The van der Waals surface area contributed by atoms with Crippen LogP contribution in [0, 0.1) is 0 Å². The van der Waals surface area contributed by atoms with Crippen LogP contribution in [0.4, 0.5) is 0 Å². The Balaban J connectivity index is 1.55. The Morgan fingerprint density at radius 2 is 1.83 bits per heavy atom.